The minimum Gasteiger partial charge on any atom is -0.566 e. The quantitative estimate of drug-likeness (QED) is 0.0190. The van der Waals surface area contributed by atoms with E-state index in [1.165, 1.54) is 154 Å². The lowest BCUT2D eigenvalue weighted by Gasteiger charge is -2.44. The Morgan fingerprint density at radius 1 is 0.361 bits per heavy atom. The lowest BCUT2D eigenvalue weighted by atomic mass is 9.91. The van der Waals surface area contributed by atoms with Crippen LogP contribution >= 0.6 is 8.25 Å². The number of aliphatic hydroxyl groups excluding tert-OH is 1. The summed E-state index contributed by atoms with van der Waals surface area (Å²) >= 11 is 0. The summed E-state index contributed by atoms with van der Waals surface area (Å²) in [5.74, 6) is -7.31. The molecule has 0 aliphatic carbocycles. The fourth-order valence-corrected chi connectivity index (χ4v) is 17.4. The maximum Gasteiger partial charge on any atom is 0.488 e. The summed E-state index contributed by atoms with van der Waals surface area (Å²) in [4.78, 5) is 126. The molecular formula is C98H178FN2O20P. The molecule has 122 heavy (non-hydrogen) atoms. The molecule has 2 aliphatic heterocycles. The average Bonchev–Trinajstić information content (AvgIpc) is 0.781. The standard InChI is InChI=1S/C98H178FN2O20P/c1-7-13-19-25-31-37-41-47-53-59-65-71-83(102)100-89-93(119-87(106)75-79(69-63-57-51-45-35-29-23-17-11-5)115-85(104)73-67-61-55-49-43-39-33-27-21-15-9-3)91(108)82(118-95(89)97(109)110)78-114-98(111)96-90(101-84(103)72-66-60-54-48-42-38-32-26-20-14-8-2)94(92(121-122(112)113)81(77-99)117-96)120-88(107)76-80(70-64-58-52-46-36-30-24-18-12-6)116-86(105)74-68-62-56-50-44-40-34-28-22-16-10-4/h79-82,89-96,108H,7-78H2,1-6H3,(H,100,102)(H,101,103)(H,109,110)/t79-,80-,81-,82-,89-,90-,91-,92-,93-,94-,95+,96+/m1/s1. The van der Waals surface area contributed by atoms with Gasteiger partial charge in [0.15, 0.2) is 30.5 Å². The van der Waals surface area contributed by atoms with Gasteiger partial charge in [-0.3, -0.25) is 28.8 Å². The van der Waals surface area contributed by atoms with Crippen molar-refractivity contribution in [2.24, 2.45) is 0 Å². The van der Waals surface area contributed by atoms with Gasteiger partial charge >= 0.3 is 44.1 Å². The van der Waals surface area contributed by atoms with Crippen LogP contribution < -0.4 is 15.5 Å². The number of aliphatic hydroxyl groups is 1. The highest BCUT2D eigenvalue weighted by atomic mass is 31.1. The molecule has 2 fully saturated rings. The summed E-state index contributed by atoms with van der Waals surface area (Å²) in [5.41, 5.74) is 0. The van der Waals surface area contributed by atoms with E-state index in [0.717, 1.165) is 193 Å². The number of carbonyl (C=O) groups excluding carboxylic acids is 7. The SMILES string of the molecule is CCCCCCCCCCCCCC(=O)N[C@@H]1[C@@H](OC(=O)C[C@@H](CCCCCCCCCCC)OC(=O)CCCCCCCCCCCCC)[C@H](O[P+](=O)[O-])[C@@H](CF)O[C@@H]1C(=O)OC[C@H]1O[C@H](C(=O)O)[C@H](NC(=O)CCCCCCCCCCCCC)[C@@H](OC(=O)C[C@@H](CCCCCCCCCCC)OC(=O)CCCCCCCCCCCCC)[C@@H]1O. The Labute approximate surface area is 740 Å². The number of nitrogens with one attached hydrogen (secondary N) is 2. The molecule has 0 aromatic heterocycles. The van der Waals surface area contributed by atoms with E-state index in [2.05, 4.69) is 52.2 Å². The van der Waals surface area contributed by atoms with E-state index in [-0.39, 0.29) is 32.1 Å². The van der Waals surface area contributed by atoms with Gasteiger partial charge in [0.2, 0.25) is 11.8 Å². The number of rotatable bonds is 85. The summed E-state index contributed by atoms with van der Waals surface area (Å²) in [7, 11) is -3.86. The summed E-state index contributed by atoms with van der Waals surface area (Å²) in [6.45, 7) is 10.6. The van der Waals surface area contributed by atoms with Crippen molar-refractivity contribution in [2.45, 2.75) is 564 Å². The Bertz CT molecular complexity index is 2630. The highest BCUT2D eigenvalue weighted by Gasteiger charge is 2.56. The van der Waals surface area contributed by atoms with Crippen LogP contribution in [0.25, 0.3) is 0 Å². The van der Waals surface area contributed by atoms with E-state index in [0.29, 0.717) is 57.8 Å². The molecule has 2 rings (SSSR count). The van der Waals surface area contributed by atoms with Crippen LogP contribution in [0.1, 0.15) is 491 Å². The van der Waals surface area contributed by atoms with Gasteiger partial charge in [0, 0.05) is 25.7 Å². The molecule has 0 bridgehead atoms. The number of halogens is 1. The second-order valence-corrected chi connectivity index (χ2v) is 36.4. The number of carboxylic acid groups (broad SMARTS) is 1. The van der Waals surface area contributed by atoms with Crippen molar-refractivity contribution in [1.29, 1.82) is 0 Å². The largest absolute Gasteiger partial charge is 0.566 e. The fraction of sp³-hybridized carbons (Fsp3) is 0.918. The Morgan fingerprint density at radius 2 is 0.631 bits per heavy atom. The number of hydrogen-bond acceptors (Lipinski definition) is 19. The molecule has 1 unspecified atom stereocenters. The van der Waals surface area contributed by atoms with Crippen molar-refractivity contribution < 1.29 is 100 Å². The lowest BCUT2D eigenvalue weighted by molar-refractivity contribution is -0.236. The first-order valence-electron chi connectivity index (χ1n) is 50.5. The first kappa shape index (κ1) is 114. The molecule has 4 N–H and O–H groups in total. The van der Waals surface area contributed by atoms with Gasteiger partial charge in [0.25, 0.3) is 0 Å². The minimum atomic E-state index is -3.86. The molecule has 22 nitrogen and oxygen atoms in total. The van der Waals surface area contributed by atoms with Crippen molar-refractivity contribution >= 4 is 55.9 Å². The summed E-state index contributed by atoms with van der Waals surface area (Å²) in [5, 5.41) is 29.0. The van der Waals surface area contributed by atoms with Gasteiger partial charge in [-0.2, -0.15) is 0 Å². The monoisotopic (exact) mass is 1750 g/mol. The maximum atomic E-state index is 15.7. The first-order chi connectivity index (χ1) is 59.4. The van der Waals surface area contributed by atoms with Crippen molar-refractivity contribution in [3.05, 3.63) is 0 Å². The topological polar surface area (TPSA) is 315 Å². The number of unbranched alkanes of at least 4 members (excludes halogenated alkanes) is 56. The van der Waals surface area contributed by atoms with Crippen LogP contribution in [-0.2, 0) is 80.6 Å². The van der Waals surface area contributed by atoms with Gasteiger partial charge < -0.3 is 58.9 Å². The zero-order valence-corrected chi connectivity index (χ0v) is 78.8. The Morgan fingerprint density at radius 3 is 0.926 bits per heavy atom. The normalized spacial score (nSPS) is 19.6. The van der Waals surface area contributed by atoms with E-state index in [4.69, 9.17) is 37.7 Å². The van der Waals surface area contributed by atoms with E-state index < -0.39 is 155 Å². The van der Waals surface area contributed by atoms with Gasteiger partial charge in [-0.15, -0.1) is 4.52 Å². The molecule has 13 atom stereocenters. The zero-order valence-electron chi connectivity index (χ0n) is 77.9. The predicted molar refractivity (Wildman–Crippen MR) is 481 cm³/mol. The third-order valence-electron chi connectivity index (χ3n) is 24.5. The van der Waals surface area contributed by atoms with Gasteiger partial charge in [0.05, 0.1) is 12.8 Å². The molecule has 0 spiro atoms. The van der Waals surface area contributed by atoms with Crippen molar-refractivity contribution in [1.82, 2.24) is 10.6 Å². The summed E-state index contributed by atoms with van der Waals surface area (Å²) in [6.07, 6.45) is 46.0. The van der Waals surface area contributed by atoms with Crippen LogP contribution in [-0.4, -0.2) is 144 Å². The zero-order chi connectivity index (χ0) is 89.1. The highest BCUT2D eigenvalue weighted by Crippen LogP contribution is 2.35. The van der Waals surface area contributed by atoms with E-state index in [9.17, 15) is 53.2 Å². The van der Waals surface area contributed by atoms with Crippen LogP contribution in [0.3, 0.4) is 0 Å². The van der Waals surface area contributed by atoms with E-state index in [1.54, 1.807) is 0 Å². The number of alkyl halides is 1. The minimum absolute atomic E-state index is 0.0355. The molecule has 0 aromatic carbocycles. The Balaban J connectivity index is 2.65. The predicted octanol–water partition coefficient (Wildman–Crippen LogP) is 23.9. The number of carboxylic acids is 1. The maximum absolute atomic E-state index is 15.7. The molecular weight excluding hydrogens is 1580 g/mol. The van der Waals surface area contributed by atoms with E-state index >= 15 is 9.18 Å². The molecule has 2 heterocycles. The van der Waals surface area contributed by atoms with Crippen LogP contribution in [0.4, 0.5) is 4.39 Å². The first-order valence-corrected chi connectivity index (χ1v) is 51.6. The lowest BCUT2D eigenvalue weighted by Crippen LogP contribution is -2.68. The molecule has 0 aromatic rings. The average molecular weight is 1750 g/mol. The third-order valence-corrected chi connectivity index (χ3v) is 24.9. The number of esters is 5. The molecule has 712 valence electrons. The van der Waals surface area contributed by atoms with Crippen LogP contribution in [0.5, 0.6) is 0 Å². The molecule has 2 saturated heterocycles. The second-order valence-electron chi connectivity index (χ2n) is 35.7. The number of ether oxygens (including phenoxy) is 7. The fourth-order valence-electron chi connectivity index (χ4n) is 17.0. The molecule has 24 heteroatoms. The van der Waals surface area contributed by atoms with Crippen molar-refractivity contribution in [3.8, 4) is 0 Å². The summed E-state index contributed by atoms with van der Waals surface area (Å²) < 4.78 is 76.1. The van der Waals surface area contributed by atoms with Crippen LogP contribution in [0.2, 0.25) is 0 Å². The molecule has 2 amide bonds. The Hall–Kier alpha value is -4.41. The number of hydrogen-bond donors (Lipinski definition) is 4. The van der Waals surface area contributed by atoms with Crippen molar-refractivity contribution in [3.63, 3.8) is 0 Å². The molecule has 0 saturated carbocycles. The van der Waals surface area contributed by atoms with Crippen molar-refractivity contribution in [2.75, 3.05) is 13.3 Å². The van der Waals surface area contributed by atoms with E-state index in [1.807, 2.05) is 0 Å². The third kappa shape index (κ3) is 58.9. The van der Waals surface area contributed by atoms with Gasteiger partial charge in [-0.1, -0.05) is 401 Å². The van der Waals surface area contributed by atoms with Crippen LogP contribution in [0, 0.1) is 0 Å². The molecule has 0 radical (unpaired) electrons. The highest BCUT2D eigenvalue weighted by molar-refractivity contribution is 7.30. The van der Waals surface area contributed by atoms with Gasteiger partial charge in [-0.05, 0) is 55.9 Å². The van der Waals surface area contributed by atoms with Gasteiger partial charge in [-0.25, -0.2) is 14.0 Å². The summed E-state index contributed by atoms with van der Waals surface area (Å²) in [6, 6.07) is -3.57. The van der Waals surface area contributed by atoms with Crippen LogP contribution in [0.15, 0.2) is 0 Å². The smallest absolute Gasteiger partial charge is 0.488 e. The second kappa shape index (κ2) is 78.8. The number of amides is 2. The number of aliphatic carboxylic acids is 1. The number of carbonyl (C=O) groups is 8. The Kier molecular flexibility index (Phi) is 73.4. The van der Waals surface area contributed by atoms with Gasteiger partial charge in [0.1, 0.15) is 55.9 Å². The molecule has 2 aliphatic rings.